The van der Waals surface area contributed by atoms with Gasteiger partial charge in [-0.25, -0.2) is 4.79 Å². The molecular weight excluding hydrogens is 444 g/mol. The quantitative estimate of drug-likeness (QED) is 0.278. The summed E-state index contributed by atoms with van der Waals surface area (Å²) in [7, 11) is 0. The van der Waals surface area contributed by atoms with Crippen LogP contribution in [-0.2, 0) is 27.4 Å². The second-order valence-electron chi connectivity index (χ2n) is 6.83. The molecule has 2 unspecified atom stereocenters. The molecule has 0 bridgehead atoms. The fraction of sp³-hybridized carbons (Fsp3) is 0.240. The normalized spacial score (nSPS) is 12.8. The molecule has 0 aliphatic heterocycles. The number of hydrogen-bond acceptors (Lipinski definition) is 4. The Morgan fingerprint density at radius 2 is 1.17 bits per heavy atom. The maximum Gasteiger partial charge on any atom is 0.338 e. The molecule has 0 aliphatic rings. The Balaban J connectivity index is 1.56. The van der Waals surface area contributed by atoms with E-state index in [2.05, 4.69) is 15.9 Å². The Kier molecular flexibility index (Phi) is 9.09. The van der Waals surface area contributed by atoms with E-state index in [1.807, 2.05) is 78.9 Å². The van der Waals surface area contributed by atoms with Crippen LogP contribution in [0.4, 0.5) is 0 Å². The van der Waals surface area contributed by atoms with Gasteiger partial charge in [-0.2, -0.15) is 0 Å². The molecule has 30 heavy (non-hydrogen) atoms. The van der Waals surface area contributed by atoms with Gasteiger partial charge in [-0.05, 0) is 23.3 Å². The number of alkyl halides is 1. The molecule has 0 fully saturated rings. The monoisotopic (exact) mass is 468 g/mol. The van der Waals surface area contributed by atoms with Crippen LogP contribution < -0.4 is 0 Å². The summed E-state index contributed by atoms with van der Waals surface area (Å²) in [5, 5.41) is 0. The zero-order chi connectivity index (χ0) is 21.0. The van der Waals surface area contributed by atoms with Gasteiger partial charge in [-0.1, -0.05) is 94.8 Å². The highest BCUT2D eigenvalue weighted by molar-refractivity contribution is 9.09. The first kappa shape index (κ1) is 22.2. The van der Waals surface area contributed by atoms with Gasteiger partial charge in [0.25, 0.3) is 0 Å². The first-order valence-corrected chi connectivity index (χ1v) is 10.8. The summed E-state index contributed by atoms with van der Waals surface area (Å²) in [4.78, 5) is 12.3. The maximum atomic E-state index is 12.5. The van der Waals surface area contributed by atoms with Gasteiger partial charge in [0.2, 0.25) is 0 Å². The van der Waals surface area contributed by atoms with Crippen LogP contribution in [0.15, 0.2) is 91.0 Å². The predicted molar refractivity (Wildman–Crippen MR) is 121 cm³/mol. The molecule has 0 amide bonds. The molecule has 4 nitrogen and oxygen atoms in total. The molecule has 2 atom stereocenters. The highest BCUT2D eigenvalue weighted by Gasteiger charge is 2.24. The van der Waals surface area contributed by atoms with Crippen molar-refractivity contribution in [3.8, 4) is 0 Å². The molecule has 0 aromatic heterocycles. The summed E-state index contributed by atoms with van der Waals surface area (Å²) in [6.07, 6.45) is -0.489. The van der Waals surface area contributed by atoms with Gasteiger partial charge in [0.15, 0.2) is 0 Å². The molecule has 0 radical (unpaired) electrons. The van der Waals surface area contributed by atoms with Gasteiger partial charge in [-0.3, -0.25) is 0 Å². The van der Waals surface area contributed by atoms with Crippen LogP contribution in [0.2, 0.25) is 0 Å². The summed E-state index contributed by atoms with van der Waals surface area (Å²) in [6.45, 7) is 1.59. The Morgan fingerprint density at radius 1 is 0.700 bits per heavy atom. The number of rotatable bonds is 11. The standard InChI is InChI=1S/C25H25BrO4/c26-23(18-28-16-20-10-4-1-5-11-20)24(19-29-17-21-12-6-2-7-13-21)30-25(27)22-14-8-3-9-15-22/h1-15,23-24H,16-19H2. The molecule has 3 aromatic carbocycles. The second kappa shape index (κ2) is 12.3. The van der Waals surface area contributed by atoms with E-state index >= 15 is 0 Å². The largest absolute Gasteiger partial charge is 0.455 e. The van der Waals surface area contributed by atoms with Crippen LogP contribution >= 0.6 is 15.9 Å². The minimum atomic E-state index is -0.489. The van der Waals surface area contributed by atoms with Crippen LogP contribution in [0.5, 0.6) is 0 Å². The molecular formula is C25H25BrO4. The van der Waals surface area contributed by atoms with Crippen LogP contribution in [0.3, 0.4) is 0 Å². The van der Waals surface area contributed by atoms with E-state index in [1.165, 1.54) is 0 Å². The Labute approximate surface area is 185 Å². The third kappa shape index (κ3) is 7.41. The lowest BCUT2D eigenvalue weighted by Gasteiger charge is -2.23. The summed E-state index contributed by atoms with van der Waals surface area (Å²) in [5.41, 5.74) is 2.67. The van der Waals surface area contributed by atoms with E-state index in [0.717, 1.165) is 11.1 Å². The van der Waals surface area contributed by atoms with Crippen molar-refractivity contribution < 1.29 is 19.0 Å². The van der Waals surface area contributed by atoms with E-state index in [0.29, 0.717) is 25.4 Å². The van der Waals surface area contributed by atoms with E-state index in [4.69, 9.17) is 14.2 Å². The molecule has 0 heterocycles. The first-order chi connectivity index (χ1) is 14.7. The fourth-order valence-corrected chi connectivity index (χ4v) is 3.28. The van der Waals surface area contributed by atoms with Crippen LogP contribution in [0, 0.1) is 0 Å². The average molecular weight is 469 g/mol. The molecule has 0 spiro atoms. The minimum absolute atomic E-state index is 0.204. The lowest BCUT2D eigenvalue weighted by atomic mass is 10.2. The zero-order valence-corrected chi connectivity index (χ0v) is 18.2. The Morgan fingerprint density at radius 3 is 1.70 bits per heavy atom. The third-order valence-corrected chi connectivity index (χ3v) is 5.31. The van der Waals surface area contributed by atoms with Crippen molar-refractivity contribution in [3.63, 3.8) is 0 Å². The van der Waals surface area contributed by atoms with Crippen molar-refractivity contribution in [1.29, 1.82) is 0 Å². The number of halogens is 1. The molecule has 0 saturated heterocycles. The minimum Gasteiger partial charge on any atom is -0.455 e. The van der Waals surface area contributed by atoms with Gasteiger partial charge >= 0.3 is 5.97 Å². The van der Waals surface area contributed by atoms with Crippen molar-refractivity contribution in [3.05, 3.63) is 108 Å². The van der Waals surface area contributed by atoms with Gasteiger partial charge in [-0.15, -0.1) is 0 Å². The van der Waals surface area contributed by atoms with Crippen molar-refractivity contribution in [2.45, 2.75) is 24.1 Å². The van der Waals surface area contributed by atoms with E-state index in [9.17, 15) is 4.79 Å². The van der Waals surface area contributed by atoms with Crippen LogP contribution in [-0.4, -0.2) is 30.1 Å². The summed E-state index contributed by atoms with van der Waals surface area (Å²) < 4.78 is 17.4. The zero-order valence-electron chi connectivity index (χ0n) is 16.7. The number of carbonyl (C=O) groups is 1. The van der Waals surface area contributed by atoms with Gasteiger partial charge in [0.1, 0.15) is 6.10 Å². The topological polar surface area (TPSA) is 44.8 Å². The third-order valence-electron chi connectivity index (χ3n) is 4.45. The smallest absolute Gasteiger partial charge is 0.338 e. The Bertz CT molecular complexity index is 871. The highest BCUT2D eigenvalue weighted by atomic mass is 79.9. The van der Waals surface area contributed by atoms with E-state index in [1.54, 1.807) is 12.1 Å². The van der Waals surface area contributed by atoms with Gasteiger partial charge in [0.05, 0.1) is 36.8 Å². The number of carbonyl (C=O) groups excluding carboxylic acids is 1. The molecule has 156 valence electrons. The second-order valence-corrected chi connectivity index (χ2v) is 8.00. The van der Waals surface area contributed by atoms with E-state index in [-0.39, 0.29) is 17.4 Å². The lowest BCUT2D eigenvalue weighted by Crippen LogP contribution is -2.34. The highest BCUT2D eigenvalue weighted by Crippen LogP contribution is 2.16. The van der Waals surface area contributed by atoms with Crippen LogP contribution in [0.1, 0.15) is 21.5 Å². The molecule has 0 aliphatic carbocycles. The molecule has 0 saturated carbocycles. The van der Waals surface area contributed by atoms with Gasteiger partial charge < -0.3 is 14.2 Å². The first-order valence-electron chi connectivity index (χ1n) is 9.86. The average Bonchev–Trinajstić information content (AvgIpc) is 2.80. The molecule has 3 aromatic rings. The fourth-order valence-electron chi connectivity index (χ4n) is 2.83. The summed E-state index contributed by atoms with van der Waals surface area (Å²) in [6, 6.07) is 28.8. The molecule has 0 N–H and O–H groups in total. The number of ether oxygens (including phenoxy) is 3. The van der Waals surface area contributed by atoms with Crippen molar-refractivity contribution in [1.82, 2.24) is 0 Å². The number of esters is 1. The predicted octanol–water partition coefficient (Wildman–Crippen LogP) is 5.41. The van der Waals surface area contributed by atoms with Crippen molar-refractivity contribution in [2.75, 3.05) is 13.2 Å². The number of benzene rings is 3. The summed E-state index contributed by atoms with van der Waals surface area (Å²) >= 11 is 3.62. The number of hydrogen-bond donors (Lipinski definition) is 0. The lowest BCUT2D eigenvalue weighted by molar-refractivity contribution is -0.0179. The van der Waals surface area contributed by atoms with Crippen LogP contribution in [0.25, 0.3) is 0 Å². The SMILES string of the molecule is O=C(OC(COCc1ccccc1)C(Br)COCc1ccccc1)c1ccccc1. The Hall–Kier alpha value is -2.47. The maximum absolute atomic E-state index is 12.5. The van der Waals surface area contributed by atoms with Crippen molar-refractivity contribution >= 4 is 21.9 Å². The van der Waals surface area contributed by atoms with Gasteiger partial charge in [0, 0.05) is 0 Å². The molecule has 3 rings (SSSR count). The molecule has 5 heteroatoms. The summed E-state index contributed by atoms with van der Waals surface area (Å²) in [5.74, 6) is -0.378. The van der Waals surface area contributed by atoms with E-state index < -0.39 is 6.10 Å². The van der Waals surface area contributed by atoms with Crippen molar-refractivity contribution in [2.24, 2.45) is 0 Å².